The van der Waals surface area contributed by atoms with Crippen molar-refractivity contribution in [2.75, 3.05) is 19.8 Å². The standard InChI is InChI=1S/C19H22N5O5P/c1-4-27-19(25)15(12-20)17(30(26,28-5-2)29-6-3)14-11-13-9-7-8-10-16(13)24-18(14)21-22-23-24/h7-11,15,17H,4-6H2,1-3H3. The van der Waals surface area contributed by atoms with E-state index < -0.39 is 25.1 Å². The van der Waals surface area contributed by atoms with Gasteiger partial charge < -0.3 is 13.8 Å². The molecule has 11 heteroatoms. The number of fused-ring (bicyclic) bond motifs is 3. The lowest BCUT2D eigenvalue weighted by Gasteiger charge is -2.28. The molecule has 0 saturated carbocycles. The second-order valence-corrected chi connectivity index (χ2v) is 8.40. The van der Waals surface area contributed by atoms with Crippen molar-refractivity contribution in [3.63, 3.8) is 0 Å². The third-order valence-corrected chi connectivity index (χ3v) is 6.97. The van der Waals surface area contributed by atoms with Gasteiger partial charge in [-0.05, 0) is 43.3 Å². The number of carbonyl (C=O) groups excluding carboxylic acids is 1. The molecule has 2 aromatic heterocycles. The smallest absolute Gasteiger partial charge is 0.340 e. The zero-order valence-electron chi connectivity index (χ0n) is 16.9. The van der Waals surface area contributed by atoms with E-state index in [0.717, 1.165) is 5.39 Å². The molecule has 1 aromatic carbocycles. The number of pyridine rings is 1. The minimum absolute atomic E-state index is 0.0591. The highest BCUT2D eigenvalue weighted by molar-refractivity contribution is 7.54. The lowest BCUT2D eigenvalue weighted by molar-refractivity contribution is -0.146. The van der Waals surface area contributed by atoms with Gasteiger partial charge in [0.25, 0.3) is 0 Å². The number of nitrogens with zero attached hydrogens (tertiary/aromatic N) is 5. The molecule has 0 amide bonds. The fourth-order valence-corrected chi connectivity index (χ4v) is 5.56. The topological polar surface area (TPSA) is 129 Å². The Kier molecular flexibility index (Phi) is 6.77. The molecule has 2 heterocycles. The van der Waals surface area contributed by atoms with Gasteiger partial charge in [0.1, 0.15) is 5.66 Å². The molecule has 0 aliphatic carbocycles. The number of nitriles is 1. The molecule has 0 fully saturated rings. The molecular weight excluding hydrogens is 409 g/mol. The normalized spacial score (nSPS) is 13.8. The van der Waals surface area contributed by atoms with Crippen LogP contribution in [0, 0.1) is 17.2 Å². The first-order valence-corrected chi connectivity index (χ1v) is 11.2. The van der Waals surface area contributed by atoms with Crippen LogP contribution in [0.5, 0.6) is 0 Å². The van der Waals surface area contributed by atoms with E-state index >= 15 is 0 Å². The number of hydrogen-bond donors (Lipinski definition) is 0. The van der Waals surface area contributed by atoms with Gasteiger partial charge in [-0.2, -0.15) is 9.78 Å². The van der Waals surface area contributed by atoms with Crippen molar-refractivity contribution in [3.8, 4) is 6.07 Å². The summed E-state index contributed by atoms with van der Waals surface area (Å²) in [5, 5.41) is 22.4. The van der Waals surface area contributed by atoms with Crippen molar-refractivity contribution < 1.29 is 23.1 Å². The zero-order chi connectivity index (χ0) is 21.7. The number of ether oxygens (including phenoxy) is 1. The number of rotatable bonds is 9. The molecule has 0 aliphatic rings. The average molecular weight is 431 g/mol. The largest absolute Gasteiger partial charge is 0.465 e. The average Bonchev–Trinajstić information content (AvgIpc) is 3.22. The van der Waals surface area contributed by atoms with Crippen LogP contribution in [0.4, 0.5) is 0 Å². The third-order valence-electron chi connectivity index (χ3n) is 4.48. The zero-order valence-corrected chi connectivity index (χ0v) is 17.8. The summed E-state index contributed by atoms with van der Waals surface area (Å²) in [6.07, 6.45) is 0. The van der Waals surface area contributed by atoms with Crippen molar-refractivity contribution in [1.82, 2.24) is 20.0 Å². The lowest BCUT2D eigenvalue weighted by Crippen LogP contribution is -2.25. The van der Waals surface area contributed by atoms with Crippen LogP contribution in [0.25, 0.3) is 16.6 Å². The molecule has 3 rings (SSSR count). The summed E-state index contributed by atoms with van der Waals surface area (Å²) in [6, 6.07) is 11.0. The van der Waals surface area contributed by atoms with Crippen LogP contribution in [0.2, 0.25) is 0 Å². The number of benzene rings is 1. The first kappa shape index (κ1) is 21.8. The Bertz CT molecular complexity index is 1130. The highest BCUT2D eigenvalue weighted by Crippen LogP contribution is 2.64. The Hall–Kier alpha value is -2.86. The van der Waals surface area contributed by atoms with Gasteiger partial charge in [-0.25, -0.2) is 0 Å². The minimum atomic E-state index is -3.99. The lowest BCUT2D eigenvalue weighted by atomic mass is 9.99. The maximum Gasteiger partial charge on any atom is 0.340 e. The van der Waals surface area contributed by atoms with Crippen LogP contribution in [0.1, 0.15) is 32.0 Å². The van der Waals surface area contributed by atoms with Crippen LogP contribution < -0.4 is 0 Å². The maximum atomic E-state index is 13.8. The molecule has 2 atom stereocenters. The number of aromatic nitrogens is 4. The fourth-order valence-electron chi connectivity index (χ4n) is 3.36. The van der Waals surface area contributed by atoms with Crippen molar-refractivity contribution in [3.05, 3.63) is 35.9 Å². The van der Waals surface area contributed by atoms with Crippen molar-refractivity contribution in [2.45, 2.75) is 26.4 Å². The molecule has 158 valence electrons. The van der Waals surface area contributed by atoms with Crippen LogP contribution in [0.15, 0.2) is 30.3 Å². The molecule has 30 heavy (non-hydrogen) atoms. The van der Waals surface area contributed by atoms with Crippen molar-refractivity contribution in [1.29, 1.82) is 5.26 Å². The minimum Gasteiger partial charge on any atom is -0.465 e. The van der Waals surface area contributed by atoms with E-state index in [9.17, 15) is 14.6 Å². The van der Waals surface area contributed by atoms with Crippen LogP contribution in [-0.4, -0.2) is 45.8 Å². The Morgan fingerprint density at radius 2 is 1.90 bits per heavy atom. The summed E-state index contributed by atoms with van der Waals surface area (Å²) < 4.78 is 31.5. The summed E-state index contributed by atoms with van der Waals surface area (Å²) in [5.74, 6) is -2.26. The van der Waals surface area contributed by atoms with Gasteiger partial charge in [0.05, 0.1) is 31.4 Å². The molecule has 0 saturated heterocycles. The fraction of sp³-hybridized carbons (Fsp3) is 0.421. The molecule has 0 radical (unpaired) electrons. The van der Waals surface area contributed by atoms with E-state index in [0.29, 0.717) is 11.1 Å². The number of tetrazole rings is 1. The van der Waals surface area contributed by atoms with Crippen molar-refractivity contribution >= 4 is 30.1 Å². The SMILES string of the molecule is CCOC(=O)C(C#N)C(c1cc2ccccc2n2nnnc12)P(=O)(OCC)OCC. The van der Waals surface area contributed by atoms with Gasteiger partial charge in [-0.3, -0.25) is 9.36 Å². The molecule has 0 N–H and O–H groups in total. The summed E-state index contributed by atoms with van der Waals surface area (Å²) in [5.41, 5.74) is -0.00161. The van der Waals surface area contributed by atoms with Crippen LogP contribution in [0.3, 0.4) is 0 Å². The number of esters is 1. The summed E-state index contributed by atoms with van der Waals surface area (Å²) >= 11 is 0. The Morgan fingerprint density at radius 3 is 2.53 bits per heavy atom. The predicted molar refractivity (Wildman–Crippen MR) is 108 cm³/mol. The van der Waals surface area contributed by atoms with Gasteiger partial charge in [0.2, 0.25) is 0 Å². The van der Waals surface area contributed by atoms with Gasteiger partial charge in [0.15, 0.2) is 11.6 Å². The molecule has 0 aliphatic heterocycles. The number of carbonyl (C=O) groups is 1. The Morgan fingerprint density at radius 1 is 1.20 bits per heavy atom. The summed E-state index contributed by atoms with van der Waals surface area (Å²) in [7, 11) is -3.99. The summed E-state index contributed by atoms with van der Waals surface area (Å²) in [6.45, 7) is 5.12. The monoisotopic (exact) mass is 431 g/mol. The number of para-hydroxylation sites is 1. The predicted octanol–water partition coefficient (Wildman–Crippen LogP) is 3.29. The molecule has 2 unspecified atom stereocenters. The second kappa shape index (κ2) is 9.30. The summed E-state index contributed by atoms with van der Waals surface area (Å²) in [4.78, 5) is 12.6. The molecular formula is C19H22N5O5P. The van der Waals surface area contributed by atoms with Gasteiger partial charge in [0, 0.05) is 10.9 Å². The van der Waals surface area contributed by atoms with Gasteiger partial charge in [-0.1, -0.05) is 18.2 Å². The molecule has 10 nitrogen and oxygen atoms in total. The van der Waals surface area contributed by atoms with E-state index in [1.54, 1.807) is 26.8 Å². The first-order chi connectivity index (χ1) is 14.5. The highest BCUT2D eigenvalue weighted by atomic mass is 31.2. The molecule has 0 spiro atoms. The maximum absolute atomic E-state index is 13.8. The van der Waals surface area contributed by atoms with E-state index in [2.05, 4.69) is 15.5 Å². The quantitative estimate of drug-likeness (QED) is 0.370. The van der Waals surface area contributed by atoms with E-state index in [4.69, 9.17) is 13.8 Å². The van der Waals surface area contributed by atoms with Crippen LogP contribution >= 0.6 is 7.60 Å². The molecule has 0 bridgehead atoms. The Balaban J connectivity index is 2.34. The Labute approximate surface area is 173 Å². The van der Waals surface area contributed by atoms with Crippen molar-refractivity contribution in [2.24, 2.45) is 5.92 Å². The van der Waals surface area contributed by atoms with E-state index in [-0.39, 0.29) is 25.5 Å². The second-order valence-electron chi connectivity index (χ2n) is 6.25. The first-order valence-electron chi connectivity index (χ1n) is 9.55. The number of hydrogen-bond acceptors (Lipinski definition) is 9. The van der Waals surface area contributed by atoms with Gasteiger partial charge in [-0.15, -0.1) is 5.10 Å². The highest BCUT2D eigenvalue weighted by Gasteiger charge is 2.48. The van der Waals surface area contributed by atoms with E-state index in [1.165, 1.54) is 4.52 Å². The third kappa shape index (κ3) is 3.92. The van der Waals surface area contributed by atoms with E-state index in [1.807, 2.05) is 30.3 Å². The van der Waals surface area contributed by atoms with Gasteiger partial charge >= 0.3 is 13.6 Å². The van der Waals surface area contributed by atoms with Crippen LogP contribution in [-0.2, 0) is 23.1 Å². The molecule has 3 aromatic rings.